The van der Waals surface area contributed by atoms with Crippen LogP contribution in [-0.4, -0.2) is 31.8 Å². The van der Waals surface area contributed by atoms with Gasteiger partial charge < -0.3 is 5.11 Å². The molecular weight excluding hydrogens is 274 g/mol. The molecule has 0 aliphatic heterocycles. The Morgan fingerprint density at radius 1 is 1.33 bits per heavy atom. The Bertz CT molecular complexity index is 450. The number of alkyl halides is 1. The van der Waals surface area contributed by atoms with Gasteiger partial charge >= 0.3 is 0 Å². The third-order valence-corrected chi connectivity index (χ3v) is 4.65. The lowest BCUT2D eigenvalue weighted by atomic mass is 10.1. The predicted molar refractivity (Wildman–Crippen MR) is 73.1 cm³/mol. The van der Waals surface area contributed by atoms with Crippen LogP contribution < -0.4 is 4.72 Å². The molecule has 1 aromatic carbocycles. The Hall–Kier alpha value is -0.620. The summed E-state index contributed by atoms with van der Waals surface area (Å²) in [4.78, 5) is 0. The minimum atomic E-state index is -3.45. The lowest BCUT2D eigenvalue weighted by Gasteiger charge is -2.18. The Morgan fingerprint density at radius 2 is 1.94 bits per heavy atom. The maximum absolute atomic E-state index is 11.9. The highest BCUT2D eigenvalue weighted by Crippen LogP contribution is 2.14. The van der Waals surface area contributed by atoms with Gasteiger partial charge in [-0.2, -0.15) is 0 Å². The average molecular weight is 292 g/mol. The van der Waals surface area contributed by atoms with Crippen LogP contribution in [0.5, 0.6) is 0 Å². The van der Waals surface area contributed by atoms with Gasteiger partial charge in [-0.15, -0.1) is 11.6 Å². The van der Waals surface area contributed by atoms with E-state index < -0.39 is 16.1 Å². The topological polar surface area (TPSA) is 66.4 Å². The number of hydrogen-bond donors (Lipinski definition) is 2. The number of nitrogens with one attached hydrogen (secondary N) is 1. The Morgan fingerprint density at radius 3 is 2.44 bits per heavy atom. The maximum Gasteiger partial charge on any atom is 0.212 e. The van der Waals surface area contributed by atoms with Crippen molar-refractivity contribution in [2.45, 2.75) is 13.0 Å². The predicted octanol–water partition coefficient (Wildman–Crippen LogP) is 1.51. The van der Waals surface area contributed by atoms with Crippen LogP contribution in [0, 0.1) is 5.92 Å². The van der Waals surface area contributed by atoms with Gasteiger partial charge in [-0.3, -0.25) is 0 Å². The first-order chi connectivity index (χ1) is 8.48. The van der Waals surface area contributed by atoms with Crippen molar-refractivity contribution in [1.29, 1.82) is 0 Å². The molecule has 18 heavy (non-hydrogen) atoms. The summed E-state index contributed by atoms with van der Waals surface area (Å²) >= 11 is 5.60. The Kier molecular flexibility index (Phi) is 6.08. The lowest BCUT2D eigenvalue weighted by molar-refractivity contribution is 0.258. The van der Waals surface area contributed by atoms with Crippen molar-refractivity contribution in [2.75, 3.05) is 18.2 Å². The zero-order valence-electron chi connectivity index (χ0n) is 10.2. The third-order valence-electron chi connectivity index (χ3n) is 2.47. The zero-order chi connectivity index (χ0) is 13.6. The van der Waals surface area contributed by atoms with Crippen LogP contribution in [0.25, 0.3) is 0 Å². The number of halogens is 1. The van der Waals surface area contributed by atoms with Crippen LogP contribution in [0.2, 0.25) is 0 Å². The van der Waals surface area contributed by atoms with E-state index in [-0.39, 0.29) is 24.2 Å². The molecule has 0 aliphatic rings. The molecule has 2 atom stereocenters. The van der Waals surface area contributed by atoms with E-state index in [0.29, 0.717) is 0 Å². The second-order valence-electron chi connectivity index (χ2n) is 4.30. The van der Waals surface area contributed by atoms with E-state index in [4.69, 9.17) is 11.6 Å². The molecular formula is C12H18ClNO3S. The summed E-state index contributed by atoms with van der Waals surface area (Å²) in [6, 6.07) is 8.37. The van der Waals surface area contributed by atoms with Crippen LogP contribution in [0.3, 0.4) is 0 Å². The van der Waals surface area contributed by atoms with Crippen molar-refractivity contribution in [2.24, 2.45) is 5.92 Å². The van der Waals surface area contributed by atoms with Gasteiger partial charge in [0.25, 0.3) is 0 Å². The van der Waals surface area contributed by atoms with Gasteiger partial charge in [0.05, 0.1) is 18.4 Å². The van der Waals surface area contributed by atoms with Crippen molar-refractivity contribution in [1.82, 2.24) is 4.72 Å². The third kappa shape index (κ3) is 4.94. The summed E-state index contributed by atoms with van der Waals surface area (Å²) in [5.41, 5.74) is 0.738. The van der Waals surface area contributed by atoms with E-state index in [0.717, 1.165) is 5.56 Å². The molecule has 0 heterocycles. The first-order valence-corrected chi connectivity index (χ1v) is 7.89. The van der Waals surface area contributed by atoms with Crippen molar-refractivity contribution in [3.63, 3.8) is 0 Å². The van der Waals surface area contributed by atoms with E-state index >= 15 is 0 Å². The van der Waals surface area contributed by atoms with Gasteiger partial charge in [-0.05, 0) is 11.5 Å². The smallest absolute Gasteiger partial charge is 0.212 e. The highest BCUT2D eigenvalue weighted by molar-refractivity contribution is 7.89. The van der Waals surface area contributed by atoms with Crippen molar-refractivity contribution >= 4 is 21.6 Å². The number of sulfonamides is 1. The number of aliphatic hydroxyl groups is 1. The minimum absolute atomic E-state index is 0.0418. The Balaban J connectivity index is 2.75. The fourth-order valence-electron chi connectivity index (χ4n) is 1.58. The monoisotopic (exact) mass is 291 g/mol. The molecule has 102 valence electrons. The highest BCUT2D eigenvalue weighted by Gasteiger charge is 2.20. The molecule has 0 radical (unpaired) electrons. The van der Waals surface area contributed by atoms with Crippen molar-refractivity contribution < 1.29 is 13.5 Å². The van der Waals surface area contributed by atoms with E-state index in [1.807, 2.05) is 6.07 Å². The molecule has 0 bridgehead atoms. The van der Waals surface area contributed by atoms with Crippen LogP contribution in [-0.2, 0) is 10.0 Å². The van der Waals surface area contributed by atoms with Gasteiger partial charge in [0.1, 0.15) is 0 Å². The molecule has 0 aromatic heterocycles. The molecule has 2 N–H and O–H groups in total. The highest BCUT2D eigenvalue weighted by atomic mass is 35.5. The molecule has 0 aliphatic carbocycles. The van der Waals surface area contributed by atoms with Crippen LogP contribution in [0.4, 0.5) is 0 Å². The van der Waals surface area contributed by atoms with E-state index in [2.05, 4.69) is 4.72 Å². The summed E-state index contributed by atoms with van der Waals surface area (Å²) in [5, 5.41) is 9.28. The van der Waals surface area contributed by atoms with Gasteiger partial charge in [0, 0.05) is 5.88 Å². The van der Waals surface area contributed by atoms with Gasteiger partial charge in [0.2, 0.25) is 10.0 Å². The Labute approximate surface area is 113 Å². The molecule has 0 saturated heterocycles. The fourth-order valence-corrected chi connectivity index (χ4v) is 3.43. The van der Waals surface area contributed by atoms with Crippen molar-refractivity contribution in [3.8, 4) is 0 Å². The summed E-state index contributed by atoms with van der Waals surface area (Å²) in [6.07, 6.45) is 0. The lowest BCUT2D eigenvalue weighted by Crippen LogP contribution is -2.34. The number of benzene rings is 1. The quantitative estimate of drug-likeness (QED) is 0.749. The summed E-state index contributed by atoms with van der Waals surface area (Å²) in [5.74, 6) is 0.120. The molecule has 1 rings (SSSR count). The SMILES string of the molecule is CC(CCl)CS(=O)(=O)N[C@H](CO)c1ccccc1. The molecule has 0 fully saturated rings. The van der Waals surface area contributed by atoms with Gasteiger partial charge in [-0.25, -0.2) is 13.1 Å². The molecule has 0 spiro atoms. The van der Waals surface area contributed by atoms with E-state index in [1.54, 1.807) is 31.2 Å². The molecule has 6 heteroatoms. The number of aliphatic hydroxyl groups excluding tert-OH is 1. The standard InChI is InChI=1S/C12H18ClNO3S/c1-10(7-13)9-18(16,17)14-12(8-15)11-5-3-2-4-6-11/h2-6,10,12,14-15H,7-9H2,1H3/t10?,12-/m1/s1. The number of hydrogen-bond acceptors (Lipinski definition) is 3. The second-order valence-corrected chi connectivity index (χ2v) is 6.41. The van der Waals surface area contributed by atoms with Gasteiger partial charge in [-0.1, -0.05) is 37.3 Å². The second kappa shape index (κ2) is 7.09. The summed E-state index contributed by atoms with van der Waals surface area (Å²) in [6.45, 7) is 1.49. The molecule has 1 aromatic rings. The van der Waals surface area contributed by atoms with Gasteiger partial charge in [0.15, 0.2) is 0 Å². The molecule has 0 saturated carbocycles. The largest absolute Gasteiger partial charge is 0.394 e. The molecule has 1 unspecified atom stereocenters. The molecule has 0 amide bonds. The van der Waals surface area contributed by atoms with Crippen LogP contribution in [0.15, 0.2) is 30.3 Å². The van der Waals surface area contributed by atoms with Crippen LogP contribution in [0.1, 0.15) is 18.5 Å². The van der Waals surface area contributed by atoms with Crippen LogP contribution >= 0.6 is 11.6 Å². The minimum Gasteiger partial charge on any atom is -0.394 e. The zero-order valence-corrected chi connectivity index (χ0v) is 11.8. The normalized spacial score (nSPS) is 15.3. The van der Waals surface area contributed by atoms with E-state index in [1.165, 1.54) is 0 Å². The average Bonchev–Trinajstić information content (AvgIpc) is 2.36. The number of rotatable bonds is 7. The fraction of sp³-hybridized carbons (Fsp3) is 0.500. The molecule has 4 nitrogen and oxygen atoms in total. The van der Waals surface area contributed by atoms with Crippen molar-refractivity contribution in [3.05, 3.63) is 35.9 Å². The maximum atomic E-state index is 11.9. The summed E-state index contributed by atoms with van der Waals surface area (Å²) in [7, 11) is -3.45. The first-order valence-electron chi connectivity index (χ1n) is 5.70. The van der Waals surface area contributed by atoms with E-state index in [9.17, 15) is 13.5 Å². The first kappa shape index (κ1) is 15.4. The summed E-state index contributed by atoms with van der Waals surface area (Å²) < 4.78 is 26.2.